The Morgan fingerprint density at radius 1 is 1.08 bits per heavy atom. The number of amides is 1. The van der Waals surface area contributed by atoms with Crippen LogP contribution in [0.4, 0.5) is 0 Å². The summed E-state index contributed by atoms with van der Waals surface area (Å²) >= 11 is 0. The second-order valence-electron chi connectivity index (χ2n) is 7.31. The smallest absolute Gasteiger partial charge is 0.289 e. The van der Waals surface area contributed by atoms with Crippen molar-refractivity contribution in [1.29, 1.82) is 0 Å². The van der Waals surface area contributed by atoms with Crippen LogP contribution in [0.25, 0.3) is 0 Å². The first-order chi connectivity index (χ1) is 12.0. The molecule has 1 aromatic heterocycles. The Labute approximate surface area is 155 Å². The van der Waals surface area contributed by atoms with E-state index in [0.29, 0.717) is 6.54 Å². The normalized spacial score (nSPS) is 12.2. The molecule has 0 aliphatic heterocycles. The molecule has 2 aromatic rings. The molecule has 0 radical (unpaired) electrons. The van der Waals surface area contributed by atoms with Crippen LogP contribution in [0.3, 0.4) is 0 Å². The highest BCUT2D eigenvalue weighted by molar-refractivity contribution is 7.89. The van der Waals surface area contributed by atoms with Gasteiger partial charge in [0.2, 0.25) is 5.09 Å². The van der Waals surface area contributed by atoms with Crippen molar-refractivity contribution in [2.75, 3.05) is 7.05 Å². The fourth-order valence-electron chi connectivity index (χ4n) is 2.45. The number of carbonyl (C=O) groups is 1. The molecule has 0 saturated carbocycles. The highest BCUT2D eigenvalue weighted by atomic mass is 32.2. The van der Waals surface area contributed by atoms with E-state index >= 15 is 0 Å². The summed E-state index contributed by atoms with van der Waals surface area (Å²) in [5.74, 6) is -0.381. The van der Waals surface area contributed by atoms with Gasteiger partial charge in [-0.3, -0.25) is 4.79 Å². The number of aryl methyl sites for hydroxylation is 1. The van der Waals surface area contributed by atoms with E-state index in [2.05, 4.69) is 11.6 Å². The third-order valence-electron chi connectivity index (χ3n) is 3.70. The molecule has 0 unspecified atom stereocenters. The van der Waals surface area contributed by atoms with Gasteiger partial charge in [0, 0.05) is 19.1 Å². The topological polar surface area (TPSA) is 79.6 Å². The maximum absolute atomic E-state index is 12.5. The SMILES string of the molecule is CCc1ccc(CN(C)C(=O)c2ccc(S(=O)(=O)NC(C)(C)C)o2)cc1. The Hall–Kier alpha value is -2.12. The number of sulfonamides is 1. The summed E-state index contributed by atoms with van der Waals surface area (Å²) < 4.78 is 32.4. The molecule has 0 aliphatic rings. The molecule has 0 spiro atoms. The number of furan rings is 1. The summed E-state index contributed by atoms with van der Waals surface area (Å²) in [7, 11) is -2.16. The lowest BCUT2D eigenvalue weighted by Crippen LogP contribution is -2.40. The Kier molecular flexibility index (Phi) is 5.93. The molecule has 7 heteroatoms. The van der Waals surface area contributed by atoms with E-state index in [1.54, 1.807) is 27.8 Å². The first-order valence-corrected chi connectivity index (χ1v) is 9.97. The molecule has 142 valence electrons. The number of carbonyl (C=O) groups excluding carboxylic acids is 1. The fourth-order valence-corrected chi connectivity index (χ4v) is 3.80. The predicted octanol–water partition coefficient (Wildman–Crippen LogP) is 3.19. The number of nitrogens with zero attached hydrogens (tertiary/aromatic N) is 1. The summed E-state index contributed by atoms with van der Waals surface area (Å²) in [6.07, 6.45) is 0.960. The van der Waals surface area contributed by atoms with Gasteiger partial charge in [0.15, 0.2) is 5.76 Å². The molecule has 1 heterocycles. The minimum Gasteiger partial charge on any atom is -0.438 e. The maximum atomic E-state index is 12.5. The third kappa shape index (κ3) is 5.19. The molecule has 1 N–H and O–H groups in total. The maximum Gasteiger partial charge on any atom is 0.289 e. The number of rotatable bonds is 6. The minimum atomic E-state index is -3.81. The summed E-state index contributed by atoms with van der Waals surface area (Å²) in [5, 5.41) is -0.267. The molecule has 0 saturated heterocycles. The van der Waals surface area contributed by atoms with Crippen molar-refractivity contribution < 1.29 is 17.6 Å². The second kappa shape index (κ2) is 7.63. The molecule has 1 amide bonds. The zero-order chi connectivity index (χ0) is 19.5. The van der Waals surface area contributed by atoms with Gasteiger partial charge >= 0.3 is 0 Å². The highest BCUT2D eigenvalue weighted by Crippen LogP contribution is 2.18. The van der Waals surface area contributed by atoms with Crippen LogP contribution in [0.1, 0.15) is 49.4 Å². The summed E-state index contributed by atoms with van der Waals surface area (Å²) in [4.78, 5) is 14.0. The molecular formula is C19H26N2O4S. The molecule has 1 aromatic carbocycles. The number of hydrogen-bond donors (Lipinski definition) is 1. The van der Waals surface area contributed by atoms with Crippen molar-refractivity contribution in [2.45, 2.75) is 51.3 Å². The first kappa shape index (κ1) is 20.2. The van der Waals surface area contributed by atoms with E-state index < -0.39 is 15.6 Å². The standard InChI is InChI=1S/C19H26N2O4S/c1-6-14-7-9-15(10-8-14)13-21(5)18(22)16-11-12-17(25-16)26(23,24)20-19(2,3)4/h7-12,20H,6,13H2,1-5H3. The predicted molar refractivity (Wildman–Crippen MR) is 100 cm³/mol. The van der Waals surface area contributed by atoms with Crippen molar-refractivity contribution >= 4 is 15.9 Å². The lowest BCUT2D eigenvalue weighted by molar-refractivity contribution is 0.0747. The van der Waals surface area contributed by atoms with Gasteiger partial charge in [-0.25, -0.2) is 13.1 Å². The Bertz CT molecular complexity index is 862. The zero-order valence-corrected chi connectivity index (χ0v) is 16.7. The van der Waals surface area contributed by atoms with Gasteiger partial charge < -0.3 is 9.32 Å². The Balaban J connectivity index is 2.11. The van der Waals surface area contributed by atoms with Crippen LogP contribution in [0.5, 0.6) is 0 Å². The average molecular weight is 378 g/mol. The van der Waals surface area contributed by atoms with Gasteiger partial charge in [-0.1, -0.05) is 31.2 Å². The molecular weight excluding hydrogens is 352 g/mol. The number of benzene rings is 1. The largest absolute Gasteiger partial charge is 0.438 e. The Morgan fingerprint density at radius 3 is 2.19 bits per heavy atom. The molecule has 6 nitrogen and oxygen atoms in total. The Morgan fingerprint density at radius 2 is 1.65 bits per heavy atom. The summed E-state index contributed by atoms with van der Waals surface area (Å²) in [5.41, 5.74) is 1.58. The molecule has 0 atom stereocenters. The van der Waals surface area contributed by atoms with E-state index in [9.17, 15) is 13.2 Å². The summed E-state index contributed by atoms with van der Waals surface area (Å²) in [6.45, 7) is 7.69. The number of nitrogens with one attached hydrogen (secondary N) is 1. The second-order valence-corrected chi connectivity index (χ2v) is 8.92. The summed E-state index contributed by atoms with van der Waals surface area (Å²) in [6, 6.07) is 10.7. The van der Waals surface area contributed by atoms with E-state index in [1.165, 1.54) is 22.6 Å². The van der Waals surface area contributed by atoms with Crippen LogP contribution >= 0.6 is 0 Å². The van der Waals surface area contributed by atoms with Gasteiger partial charge in [-0.05, 0) is 50.5 Å². The average Bonchev–Trinajstić information content (AvgIpc) is 3.03. The zero-order valence-electron chi connectivity index (χ0n) is 15.9. The third-order valence-corrected chi connectivity index (χ3v) is 5.33. The molecule has 0 aliphatic carbocycles. The van der Waals surface area contributed by atoms with Crippen molar-refractivity contribution in [3.05, 3.63) is 53.3 Å². The van der Waals surface area contributed by atoms with Crippen molar-refractivity contribution in [3.63, 3.8) is 0 Å². The van der Waals surface area contributed by atoms with Gasteiger partial charge in [0.05, 0.1) is 0 Å². The van der Waals surface area contributed by atoms with Crippen LogP contribution < -0.4 is 4.72 Å². The molecule has 26 heavy (non-hydrogen) atoms. The van der Waals surface area contributed by atoms with Gasteiger partial charge in [-0.2, -0.15) is 0 Å². The van der Waals surface area contributed by atoms with E-state index in [0.717, 1.165) is 12.0 Å². The molecule has 2 rings (SSSR count). The van der Waals surface area contributed by atoms with Gasteiger partial charge in [0.1, 0.15) is 0 Å². The van der Waals surface area contributed by atoms with Gasteiger partial charge in [-0.15, -0.1) is 0 Å². The van der Waals surface area contributed by atoms with Crippen LogP contribution in [-0.4, -0.2) is 31.8 Å². The monoisotopic (exact) mass is 378 g/mol. The van der Waals surface area contributed by atoms with Gasteiger partial charge in [0.25, 0.3) is 15.9 Å². The molecule has 0 fully saturated rings. The van der Waals surface area contributed by atoms with E-state index in [4.69, 9.17) is 4.42 Å². The minimum absolute atomic E-state index is 0.00744. The van der Waals surface area contributed by atoms with Crippen molar-refractivity contribution in [2.24, 2.45) is 0 Å². The van der Waals surface area contributed by atoms with Crippen LogP contribution in [-0.2, 0) is 23.0 Å². The first-order valence-electron chi connectivity index (χ1n) is 8.49. The quantitative estimate of drug-likeness (QED) is 0.837. The molecule has 0 bridgehead atoms. The lowest BCUT2D eigenvalue weighted by atomic mass is 10.1. The van der Waals surface area contributed by atoms with Crippen LogP contribution in [0.15, 0.2) is 45.9 Å². The van der Waals surface area contributed by atoms with Crippen molar-refractivity contribution in [3.8, 4) is 0 Å². The fraction of sp³-hybridized carbons (Fsp3) is 0.421. The number of hydrogen-bond acceptors (Lipinski definition) is 4. The highest BCUT2D eigenvalue weighted by Gasteiger charge is 2.26. The lowest BCUT2D eigenvalue weighted by Gasteiger charge is -2.19. The van der Waals surface area contributed by atoms with Crippen LogP contribution in [0.2, 0.25) is 0 Å². The van der Waals surface area contributed by atoms with E-state index in [1.807, 2.05) is 24.3 Å². The van der Waals surface area contributed by atoms with E-state index in [-0.39, 0.29) is 16.8 Å². The van der Waals surface area contributed by atoms with Crippen LogP contribution in [0, 0.1) is 0 Å². The van der Waals surface area contributed by atoms with Crippen molar-refractivity contribution in [1.82, 2.24) is 9.62 Å².